The molecular formula is C14H17NO3S. The van der Waals surface area contributed by atoms with Crippen LogP contribution in [-0.2, 0) is 14.8 Å². The minimum absolute atomic E-state index is 0.0476. The topological polar surface area (TPSA) is 63.2 Å². The van der Waals surface area contributed by atoms with Crippen molar-refractivity contribution in [1.29, 1.82) is 0 Å². The Labute approximate surface area is 113 Å². The highest BCUT2D eigenvalue weighted by Gasteiger charge is 2.33. The largest absolute Gasteiger partial charge is 0.299 e. The smallest absolute Gasteiger partial charge is 0.240 e. The Morgan fingerprint density at radius 3 is 2.47 bits per heavy atom. The SMILES string of the molecule is C=C1C[C@H](NS(=O)(=O)c2ccccc2)C[C@H]1C(C)=O. The van der Waals surface area contributed by atoms with Gasteiger partial charge in [0.1, 0.15) is 5.78 Å². The Balaban J connectivity index is 2.11. The van der Waals surface area contributed by atoms with Crippen LogP contribution in [0.2, 0.25) is 0 Å². The van der Waals surface area contributed by atoms with Gasteiger partial charge in [-0.2, -0.15) is 0 Å². The van der Waals surface area contributed by atoms with Crippen LogP contribution in [0.1, 0.15) is 19.8 Å². The van der Waals surface area contributed by atoms with Crippen molar-refractivity contribution in [2.45, 2.75) is 30.7 Å². The number of hydrogen-bond acceptors (Lipinski definition) is 3. The molecule has 0 amide bonds. The molecule has 1 fully saturated rings. The minimum atomic E-state index is -3.52. The fourth-order valence-electron chi connectivity index (χ4n) is 2.42. The molecule has 1 N–H and O–H groups in total. The first-order valence-corrected chi connectivity index (χ1v) is 7.64. The Hall–Kier alpha value is -1.46. The first-order valence-electron chi connectivity index (χ1n) is 6.15. The summed E-state index contributed by atoms with van der Waals surface area (Å²) in [7, 11) is -3.52. The fourth-order valence-corrected chi connectivity index (χ4v) is 3.69. The van der Waals surface area contributed by atoms with E-state index in [2.05, 4.69) is 11.3 Å². The normalized spacial score (nSPS) is 23.5. The molecule has 5 heteroatoms. The van der Waals surface area contributed by atoms with Crippen molar-refractivity contribution in [1.82, 2.24) is 4.72 Å². The van der Waals surface area contributed by atoms with Crippen molar-refractivity contribution in [3.63, 3.8) is 0 Å². The molecule has 4 nitrogen and oxygen atoms in total. The molecule has 1 aromatic carbocycles. The molecule has 0 radical (unpaired) electrons. The second kappa shape index (κ2) is 5.27. The maximum atomic E-state index is 12.1. The van der Waals surface area contributed by atoms with Crippen LogP contribution < -0.4 is 4.72 Å². The van der Waals surface area contributed by atoms with Crippen LogP contribution in [-0.4, -0.2) is 20.2 Å². The van der Waals surface area contributed by atoms with Crippen LogP contribution in [0.3, 0.4) is 0 Å². The molecule has 0 saturated heterocycles. The van der Waals surface area contributed by atoms with Crippen molar-refractivity contribution in [2.24, 2.45) is 5.92 Å². The van der Waals surface area contributed by atoms with Gasteiger partial charge in [-0.25, -0.2) is 13.1 Å². The van der Waals surface area contributed by atoms with Crippen LogP contribution in [0.4, 0.5) is 0 Å². The molecule has 0 spiro atoms. The number of carbonyl (C=O) groups excluding carboxylic acids is 1. The second-order valence-electron chi connectivity index (χ2n) is 4.89. The van der Waals surface area contributed by atoms with Gasteiger partial charge >= 0.3 is 0 Å². The molecule has 1 aliphatic carbocycles. The highest BCUT2D eigenvalue weighted by Crippen LogP contribution is 2.31. The summed E-state index contributed by atoms with van der Waals surface area (Å²) < 4.78 is 26.9. The minimum Gasteiger partial charge on any atom is -0.299 e. The van der Waals surface area contributed by atoms with Crippen LogP contribution in [0.15, 0.2) is 47.4 Å². The van der Waals surface area contributed by atoms with Crippen molar-refractivity contribution in [3.8, 4) is 0 Å². The van der Waals surface area contributed by atoms with E-state index >= 15 is 0 Å². The monoisotopic (exact) mass is 279 g/mol. The Bertz CT molecular complexity index is 592. The summed E-state index contributed by atoms with van der Waals surface area (Å²) in [6, 6.07) is 7.98. The van der Waals surface area contributed by atoms with Gasteiger partial charge in [0, 0.05) is 12.0 Å². The Morgan fingerprint density at radius 2 is 1.95 bits per heavy atom. The molecule has 2 rings (SSSR count). The first kappa shape index (κ1) is 14.0. The molecule has 0 aromatic heterocycles. The van der Waals surface area contributed by atoms with E-state index in [1.807, 2.05) is 0 Å². The molecule has 2 atom stereocenters. The summed E-state index contributed by atoms with van der Waals surface area (Å²) in [4.78, 5) is 11.6. The standard InChI is InChI=1S/C14H17NO3S/c1-10-8-12(9-14(10)11(2)16)15-19(17,18)13-6-4-3-5-7-13/h3-7,12,14-15H,1,8-9H2,2H3/t12-,14+/m0/s1. The number of rotatable bonds is 4. The third kappa shape index (κ3) is 3.11. The van der Waals surface area contributed by atoms with Crippen LogP contribution in [0, 0.1) is 5.92 Å². The maximum absolute atomic E-state index is 12.1. The number of nitrogens with one attached hydrogen (secondary N) is 1. The zero-order valence-corrected chi connectivity index (χ0v) is 11.6. The van der Waals surface area contributed by atoms with E-state index in [4.69, 9.17) is 0 Å². The van der Waals surface area contributed by atoms with Gasteiger partial charge in [-0.05, 0) is 31.9 Å². The lowest BCUT2D eigenvalue weighted by atomic mass is 10.0. The van der Waals surface area contributed by atoms with Crippen LogP contribution >= 0.6 is 0 Å². The Morgan fingerprint density at radius 1 is 1.32 bits per heavy atom. The number of benzene rings is 1. The van der Waals surface area contributed by atoms with Gasteiger partial charge in [0.05, 0.1) is 4.90 Å². The third-order valence-electron chi connectivity index (χ3n) is 3.39. The first-order chi connectivity index (χ1) is 8.90. The van der Waals surface area contributed by atoms with E-state index in [-0.39, 0.29) is 22.6 Å². The van der Waals surface area contributed by atoms with E-state index in [0.717, 1.165) is 5.57 Å². The molecule has 0 unspecified atom stereocenters. The van der Waals surface area contributed by atoms with Gasteiger partial charge in [0.15, 0.2) is 0 Å². The average Bonchev–Trinajstić information content (AvgIpc) is 2.71. The molecule has 0 heterocycles. The summed E-state index contributed by atoms with van der Waals surface area (Å²) >= 11 is 0. The molecular weight excluding hydrogens is 262 g/mol. The summed E-state index contributed by atoms with van der Waals surface area (Å²) in [5.41, 5.74) is 0.813. The highest BCUT2D eigenvalue weighted by molar-refractivity contribution is 7.89. The molecule has 19 heavy (non-hydrogen) atoms. The Kier molecular flexibility index (Phi) is 3.87. The van der Waals surface area contributed by atoms with Crippen molar-refractivity contribution in [2.75, 3.05) is 0 Å². The predicted octanol–water partition coefficient (Wildman–Crippen LogP) is 1.89. The number of hydrogen-bond donors (Lipinski definition) is 1. The van der Waals surface area contributed by atoms with E-state index in [1.165, 1.54) is 6.92 Å². The molecule has 1 aliphatic rings. The number of carbonyl (C=O) groups is 1. The van der Waals surface area contributed by atoms with E-state index in [9.17, 15) is 13.2 Å². The average molecular weight is 279 g/mol. The van der Waals surface area contributed by atoms with Gasteiger partial charge < -0.3 is 0 Å². The van der Waals surface area contributed by atoms with Gasteiger partial charge in [0.2, 0.25) is 10.0 Å². The lowest BCUT2D eigenvalue weighted by Gasteiger charge is -2.12. The zero-order valence-electron chi connectivity index (χ0n) is 10.8. The summed E-state index contributed by atoms with van der Waals surface area (Å²) in [6.45, 7) is 5.37. The summed E-state index contributed by atoms with van der Waals surface area (Å²) in [6.07, 6.45) is 1.02. The predicted molar refractivity (Wildman–Crippen MR) is 73.1 cm³/mol. The van der Waals surface area contributed by atoms with Gasteiger partial charge in [0.25, 0.3) is 0 Å². The molecule has 0 aliphatic heterocycles. The van der Waals surface area contributed by atoms with Gasteiger partial charge in [-0.3, -0.25) is 4.79 Å². The van der Waals surface area contributed by atoms with Crippen LogP contribution in [0.5, 0.6) is 0 Å². The summed E-state index contributed by atoms with van der Waals surface area (Å²) in [5, 5.41) is 0. The third-order valence-corrected chi connectivity index (χ3v) is 4.92. The van der Waals surface area contributed by atoms with Gasteiger partial charge in [-0.1, -0.05) is 30.4 Å². The number of ketones is 1. The van der Waals surface area contributed by atoms with E-state index < -0.39 is 10.0 Å². The molecule has 102 valence electrons. The summed E-state index contributed by atoms with van der Waals surface area (Å²) in [5.74, 6) is -0.171. The van der Waals surface area contributed by atoms with Crippen LogP contribution in [0.25, 0.3) is 0 Å². The number of sulfonamides is 1. The van der Waals surface area contributed by atoms with E-state index in [0.29, 0.717) is 12.8 Å². The lowest BCUT2D eigenvalue weighted by Crippen LogP contribution is -2.33. The molecule has 1 saturated carbocycles. The van der Waals surface area contributed by atoms with Crippen molar-refractivity contribution < 1.29 is 13.2 Å². The lowest BCUT2D eigenvalue weighted by molar-refractivity contribution is -0.119. The highest BCUT2D eigenvalue weighted by atomic mass is 32.2. The second-order valence-corrected chi connectivity index (χ2v) is 6.61. The maximum Gasteiger partial charge on any atom is 0.240 e. The number of Topliss-reactive ketones (excluding diaryl/α,β-unsaturated/α-hetero) is 1. The quantitative estimate of drug-likeness (QED) is 0.856. The van der Waals surface area contributed by atoms with E-state index in [1.54, 1.807) is 30.3 Å². The van der Waals surface area contributed by atoms with Gasteiger partial charge in [-0.15, -0.1) is 0 Å². The molecule has 0 bridgehead atoms. The van der Waals surface area contributed by atoms with Crippen molar-refractivity contribution in [3.05, 3.63) is 42.5 Å². The molecule has 1 aromatic rings. The zero-order chi connectivity index (χ0) is 14.0. The fraction of sp³-hybridized carbons (Fsp3) is 0.357. The van der Waals surface area contributed by atoms with Crippen molar-refractivity contribution >= 4 is 15.8 Å².